The highest BCUT2D eigenvalue weighted by Crippen LogP contribution is 2.34. The third-order valence-electron chi connectivity index (χ3n) is 7.65. The maximum atomic E-state index is 13.2. The van der Waals surface area contributed by atoms with Crippen molar-refractivity contribution < 1.29 is 24.5 Å². The van der Waals surface area contributed by atoms with Crippen molar-refractivity contribution in [2.75, 3.05) is 26.3 Å². The number of hydrogen-bond donors (Lipinski definition) is 3. The van der Waals surface area contributed by atoms with Crippen molar-refractivity contribution in [1.82, 2.24) is 25.1 Å². The molecule has 2 saturated heterocycles. The molecule has 2 atom stereocenters. The maximum absolute atomic E-state index is 13.2. The van der Waals surface area contributed by atoms with E-state index in [9.17, 15) is 19.8 Å². The first-order valence-corrected chi connectivity index (χ1v) is 13.2. The Morgan fingerprint density at radius 1 is 1.11 bits per heavy atom. The van der Waals surface area contributed by atoms with Crippen LogP contribution >= 0.6 is 0 Å². The van der Waals surface area contributed by atoms with Gasteiger partial charge in [-0.15, -0.1) is 0 Å². The van der Waals surface area contributed by atoms with Crippen LogP contribution in [-0.2, 0) is 17.9 Å². The van der Waals surface area contributed by atoms with Gasteiger partial charge in [-0.3, -0.25) is 19.5 Å². The molecule has 3 N–H and O–H groups in total. The van der Waals surface area contributed by atoms with Gasteiger partial charge >= 0.3 is 0 Å². The van der Waals surface area contributed by atoms with Crippen molar-refractivity contribution in [2.24, 2.45) is 0 Å². The van der Waals surface area contributed by atoms with Gasteiger partial charge in [-0.05, 0) is 61.7 Å². The summed E-state index contributed by atoms with van der Waals surface area (Å²) >= 11 is 0. The number of carbonyl (C=O) groups is 2. The van der Waals surface area contributed by atoms with Gasteiger partial charge in [0.2, 0.25) is 5.91 Å². The molecule has 0 aliphatic carbocycles. The normalized spacial score (nSPS) is 21.7. The van der Waals surface area contributed by atoms with Crippen LogP contribution in [0.1, 0.15) is 47.2 Å². The molecule has 3 aliphatic rings. The highest BCUT2D eigenvalue weighted by molar-refractivity contribution is 5.99. The van der Waals surface area contributed by atoms with Crippen LogP contribution in [0.5, 0.6) is 5.75 Å². The number of hydrogen-bond acceptors (Lipinski definition) is 8. The zero-order valence-electron chi connectivity index (χ0n) is 21.1. The Morgan fingerprint density at radius 2 is 1.95 bits per heavy atom. The summed E-state index contributed by atoms with van der Waals surface area (Å²) in [5.74, 6) is 0.227. The number of pyridine rings is 2. The molecule has 2 fully saturated rings. The van der Waals surface area contributed by atoms with Gasteiger partial charge in [0, 0.05) is 42.9 Å². The summed E-state index contributed by atoms with van der Waals surface area (Å²) < 4.78 is 5.80. The monoisotopic (exact) mass is 517 g/mol. The maximum Gasteiger partial charge on any atom is 0.254 e. The van der Waals surface area contributed by atoms with E-state index < -0.39 is 12.3 Å². The standard InChI is InChI=1S/C28H31N5O5/c34-11-12-38-23-7-8-29-25-19(15-32-9-1-2-10-32)14-21(30-26(23)25)17-3-4-20-18(13-17)16-33(28(20)37)22-5-6-24(35)31-27(22)36/h3-4,7-8,13-14,22,27,34,36H,1-2,5-6,9-12,15-16H2,(H,31,35). The number of carbonyl (C=O) groups excluding carboxylic acids is 2. The first-order valence-electron chi connectivity index (χ1n) is 13.2. The molecule has 6 rings (SSSR count). The molecule has 3 aromatic rings. The largest absolute Gasteiger partial charge is 0.489 e. The molecule has 10 heteroatoms. The number of aliphatic hydroxyl groups is 2. The van der Waals surface area contributed by atoms with Crippen molar-refractivity contribution >= 4 is 22.8 Å². The van der Waals surface area contributed by atoms with Gasteiger partial charge in [0.15, 0.2) is 0 Å². The van der Waals surface area contributed by atoms with Crippen molar-refractivity contribution in [3.05, 3.63) is 53.2 Å². The Labute approximate surface area is 220 Å². The average molecular weight is 518 g/mol. The summed E-state index contributed by atoms with van der Waals surface area (Å²) in [5.41, 5.74) is 5.58. The second-order valence-corrected chi connectivity index (χ2v) is 10.2. The summed E-state index contributed by atoms with van der Waals surface area (Å²) in [6.45, 7) is 3.27. The molecule has 2 unspecified atom stereocenters. The Balaban J connectivity index is 1.36. The number of aromatic nitrogens is 2. The van der Waals surface area contributed by atoms with E-state index in [1.165, 1.54) is 12.8 Å². The number of aliphatic hydroxyl groups excluding tert-OH is 2. The summed E-state index contributed by atoms with van der Waals surface area (Å²) in [7, 11) is 0. The zero-order chi connectivity index (χ0) is 26.2. The van der Waals surface area contributed by atoms with Gasteiger partial charge in [0.1, 0.15) is 24.1 Å². The average Bonchev–Trinajstić information content (AvgIpc) is 3.55. The predicted molar refractivity (Wildman–Crippen MR) is 139 cm³/mol. The van der Waals surface area contributed by atoms with Gasteiger partial charge in [0.25, 0.3) is 5.91 Å². The van der Waals surface area contributed by atoms with Crippen LogP contribution < -0.4 is 10.1 Å². The molecule has 198 valence electrons. The number of rotatable bonds is 7. The SMILES string of the molecule is O=C1CCC(N2Cc3cc(-c4cc(CN5CCCC5)c5nccc(OCCO)c5n4)ccc3C2=O)C(O)N1. The first kappa shape index (κ1) is 24.7. The lowest BCUT2D eigenvalue weighted by Crippen LogP contribution is -2.55. The molecule has 5 heterocycles. The van der Waals surface area contributed by atoms with Crippen LogP contribution in [0.15, 0.2) is 36.5 Å². The van der Waals surface area contributed by atoms with Crippen molar-refractivity contribution in [3.63, 3.8) is 0 Å². The zero-order valence-corrected chi connectivity index (χ0v) is 21.1. The fourth-order valence-electron chi connectivity index (χ4n) is 5.75. The fourth-order valence-corrected chi connectivity index (χ4v) is 5.75. The summed E-state index contributed by atoms with van der Waals surface area (Å²) in [6.07, 6.45) is 3.71. The van der Waals surface area contributed by atoms with Crippen LogP contribution in [0.3, 0.4) is 0 Å². The van der Waals surface area contributed by atoms with E-state index in [4.69, 9.17) is 9.72 Å². The number of amides is 2. The molecule has 2 aromatic heterocycles. The number of nitrogens with one attached hydrogen (secondary N) is 1. The quantitative estimate of drug-likeness (QED) is 0.433. The molecule has 38 heavy (non-hydrogen) atoms. The van der Waals surface area contributed by atoms with Crippen molar-refractivity contribution in [2.45, 2.75) is 51.0 Å². The summed E-state index contributed by atoms with van der Waals surface area (Å²) in [6, 6.07) is 9.08. The third kappa shape index (κ3) is 4.59. The van der Waals surface area contributed by atoms with Crippen molar-refractivity contribution in [3.8, 4) is 17.0 Å². The topological polar surface area (TPSA) is 128 Å². The van der Waals surface area contributed by atoms with E-state index in [1.807, 2.05) is 18.2 Å². The van der Waals surface area contributed by atoms with Gasteiger partial charge in [-0.1, -0.05) is 6.07 Å². The Morgan fingerprint density at radius 3 is 2.74 bits per heavy atom. The molecular formula is C28H31N5O5. The predicted octanol–water partition coefficient (Wildman–Crippen LogP) is 1.82. The minimum atomic E-state index is -1.07. The number of benzene rings is 1. The smallest absolute Gasteiger partial charge is 0.254 e. The highest BCUT2D eigenvalue weighted by Gasteiger charge is 2.39. The van der Waals surface area contributed by atoms with Crippen LogP contribution in [0, 0.1) is 0 Å². The van der Waals surface area contributed by atoms with Gasteiger partial charge in [-0.2, -0.15) is 0 Å². The third-order valence-corrected chi connectivity index (χ3v) is 7.65. The van der Waals surface area contributed by atoms with E-state index in [1.54, 1.807) is 17.2 Å². The van der Waals surface area contributed by atoms with Gasteiger partial charge in [-0.25, -0.2) is 4.98 Å². The molecule has 10 nitrogen and oxygen atoms in total. The molecule has 2 amide bonds. The Bertz CT molecular complexity index is 1390. The number of nitrogens with zero attached hydrogens (tertiary/aromatic N) is 4. The molecule has 1 aromatic carbocycles. The molecule has 0 saturated carbocycles. The van der Waals surface area contributed by atoms with E-state index in [0.29, 0.717) is 29.8 Å². The first-order chi connectivity index (χ1) is 18.5. The van der Waals surface area contributed by atoms with Crippen LogP contribution in [0.25, 0.3) is 22.3 Å². The lowest BCUT2D eigenvalue weighted by molar-refractivity contribution is -0.129. The fraction of sp³-hybridized carbons (Fsp3) is 0.429. The lowest BCUT2D eigenvalue weighted by atomic mass is 10.0. The van der Waals surface area contributed by atoms with Crippen LogP contribution in [-0.4, -0.2) is 80.4 Å². The van der Waals surface area contributed by atoms with Crippen LogP contribution in [0.2, 0.25) is 0 Å². The van der Waals surface area contributed by atoms with Gasteiger partial charge in [0.05, 0.1) is 23.9 Å². The van der Waals surface area contributed by atoms with Crippen LogP contribution in [0.4, 0.5) is 0 Å². The number of fused-ring (bicyclic) bond motifs is 2. The molecule has 0 spiro atoms. The molecule has 0 radical (unpaired) electrons. The molecule has 0 bridgehead atoms. The second-order valence-electron chi connectivity index (χ2n) is 10.2. The summed E-state index contributed by atoms with van der Waals surface area (Å²) in [4.78, 5) is 38.4. The summed E-state index contributed by atoms with van der Waals surface area (Å²) in [5, 5.41) is 22.2. The molecular weight excluding hydrogens is 486 g/mol. The number of likely N-dealkylation sites (tertiary alicyclic amines) is 1. The minimum Gasteiger partial charge on any atom is -0.489 e. The Hall–Kier alpha value is -3.60. The van der Waals surface area contributed by atoms with E-state index in [-0.39, 0.29) is 31.4 Å². The van der Waals surface area contributed by atoms with Gasteiger partial charge < -0.3 is 25.2 Å². The lowest BCUT2D eigenvalue weighted by Gasteiger charge is -2.35. The number of ether oxygens (including phenoxy) is 1. The molecule has 3 aliphatic heterocycles. The van der Waals surface area contributed by atoms with E-state index in [2.05, 4.69) is 21.3 Å². The Kier molecular flexibility index (Phi) is 6.69. The van der Waals surface area contributed by atoms with Crippen molar-refractivity contribution in [1.29, 1.82) is 0 Å². The minimum absolute atomic E-state index is 0.0983. The highest BCUT2D eigenvalue weighted by atomic mass is 16.5. The van der Waals surface area contributed by atoms with E-state index in [0.717, 1.165) is 47.5 Å². The van der Waals surface area contributed by atoms with E-state index >= 15 is 0 Å². The second kappa shape index (κ2) is 10.3. The number of piperidine rings is 1.